The van der Waals surface area contributed by atoms with E-state index < -0.39 is 5.91 Å². The average molecular weight is 366 g/mol. The molecule has 0 aromatic carbocycles. The first kappa shape index (κ1) is 18.6. The van der Waals surface area contributed by atoms with Crippen LogP contribution in [0.15, 0.2) is 18.3 Å². The molecule has 2 heterocycles. The van der Waals surface area contributed by atoms with E-state index in [0.29, 0.717) is 17.5 Å². The molecule has 1 aliphatic heterocycles. The molecular formula is C19H28ClN3O2. The maximum Gasteiger partial charge on any atom is 0.267 e. The summed E-state index contributed by atoms with van der Waals surface area (Å²) in [7, 11) is 1.83. The maximum atomic E-state index is 11.6. The molecule has 25 heavy (non-hydrogen) atoms. The van der Waals surface area contributed by atoms with Crippen molar-refractivity contribution in [1.29, 1.82) is 0 Å². The highest BCUT2D eigenvalue weighted by atomic mass is 35.5. The Hall–Kier alpha value is -1.17. The fourth-order valence-corrected chi connectivity index (χ4v) is 5.07. The number of piperidine rings is 1. The van der Waals surface area contributed by atoms with Crippen molar-refractivity contribution < 1.29 is 9.53 Å². The number of aromatic nitrogens is 1. The van der Waals surface area contributed by atoms with Gasteiger partial charge in [-0.2, -0.15) is 0 Å². The smallest absolute Gasteiger partial charge is 0.267 e. The van der Waals surface area contributed by atoms with E-state index in [4.69, 9.17) is 10.5 Å². The van der Waals surface area contributed by atoms with Gasteiger partial charge < -0.3 is 15.4 Å². The second-order valence-electron chi connectivity index (χ2n) is 7.78. The number of halogens is 1. The first-order valence-electron chi connectivity index (χ1n) is 9.17. The van der Waals surface area contributed by atoms with Crippen LogP contribution in [0.4, 0.5) is 0 Å². The number of nitrogens with zero attached hydrogens (tertiary/aromatic N) is 2. The van der Waals surface area contributed by atoms with Crippen molar-refractivity contribution >= 4 is 18.3 Å². The van der Waals surface area contributed by atoms with Crippen molar-refractivity contribution in [3.8, 4) is 0 Å². The van der Waals surface area contributed by atoms with Gasteiger partial charge in [0.2, 0.25) is 0 Å². The summed E-state index contributed by atoms with van der Waals surface area (Å²) in [5.74, 6) is 1.39. The quantitative estimate of drug-likeness (QED) is 0.870. The summed E-state index contributed by atoms with van der Waals surface area (Å²) < 4.78 is 6.23. The standard InChI is InChI=1S/C19H27N3O2.ClH/c1-24-19(14-7-8-21-17(9-14)18(20)23)15-3-2-4-16(19)12-22(11-15)10-13-5-6-13;/h7-9,13,15-16H,2-6,10-12H2,1H3,(H2,20,23);1H/t15-,16+,19?;. The molecule has 4 rings (SSSR count). The Morgan fingerprint density at radius 1 is 1.32 bits per heavy atom. The molecule has 0 radical (unpaired) electrons. The average Bonchev–Trinajstić information content (AvgIpc) is 3.38. The minimum Gasteiger partial charge on any atom is -0.373 e. The number of pyridine rings is 1. The van der Waals surface area contributed by atoms with Crippen LogP contribution in [0.3, 0.4) is 0 Å². The van der Waals surface area contributed by atoms with E-state index in [2.05, 4.69) is 9.88 Å². The lowest BCUT2D eigenvalue weighted by atomic mass is 9.62. The normalized spacial score (nSPS) is 32.0. The number of primary amides is 1. The third kappa shape index (κ3) is 3.29. The Kier molecular flexibility index (Phi) is 5.37. The lowest BCUT2D eigenvalue weighted by Gasteiger charge is -2.55. The van der Waals surface area contributed by atoms with Crippen LogP contribution in [0.2, 0.25) is 0 Å². The van der Waals surface area contributed by atoms with E-state index in [1.807, 2.05) is 19.2 Å². The molecule has 2 bridgehead atoms. The van der Waals surface area contributed by atoms with Crippen molar-refractivity contribution in [3.63, 3.8) is 0 Å². The summed E-state index contributed by atoms with van der Waals surface area (Å²) in [4.78, 5) is 18.3. The third-order valence-corrected chi connectivity index (χ3v) is 6.29. The molecular weight excluding hydrogens is 338 g/mol. The fraction of sp³-hybridized carbons (Fsp3) is 0.684. The monoisotopic (exact) mass is 365 g/mol. The van der Waals surface area contributed by atoms with Gasteiger partial charge in [0.25, 0.3) is 5.91 Å². The van der Waals surface area contributed by atoms with Crippen molar-refractivity contribution in [2.24, 2.45) is 23.5 Å². The zero-order valence-electron chi connectivity index (χ0n) is 14.8. The number of rotatable bonds is 5. The molecule has 2 N–H and O–H groups in total. The summed E-state index contributed by atoms with van der Waals surface area (Å²) in [6.07, 6.45) is 8.12. The SMILES string of the molecule is COC1(c2ccnc(C(N)=O)c2)[C@@H]2CCC[C@H]1CN(CC1CC1)C2.Cl. The molecule has 6 heteroatoms. The highest BCUT2D eigenvalue weighted by Crippen LogP contribution is 2.51. The molecule has 5 nitrogen and oxygen atoms in total. The number of amides is 1. The Morgan fingerprint density at radius 2 is 2.00 bits per heavy atom. The van der Waals surface area contributed by atoms with Gasteiger partial charge in [0.05, 0.1) is 0 Å². The summed E-state index contributed by atoms with van der Waals surface area (Å²) in [6.45, 7) is 3.43. The van der Waals surface area contributed by atoms with E-state index in [1.54, 1.807) is 6.20 Å². The van der Waals surface area contributed by atoms with Crippen molar-refractivity contribution in [2.75, 3.05) is 26.7 Å². The number of ether oxygens (including phenoxy) is 1. The molecule has 0 spiro atoms. The van der Waals surface area contributed by atoms with E-state index >= 15 is 0 Å². The molecule has 3 fully saturated rings. The van der Waals surface area contributed by atoms with Crippen LogP contribution in [0.1, 0.15) is 48.2 Å². The fourth-order valence-electron chi connectivity index (χ4n) is 5.07. The lowest BCUT2D eigenvalue weighted by Crippen LogP contribution is -2.59. The van der Waals surface area contributed by atoms with E-state index in [9.17, 15) is 4.79 Å². The van der Waals surface area contributed by atoms with Gasteiger partial charge in [0, 0.05) is 44.8 Å². The molecule has 3 atom stereocenters. The van der Waals surface area contributed by atoms with Crippen molar-refractivity contribution in [2.45, 2.75) is 37.7 Å². The van der Waals surface area contributed by atoms with Gasteiger partial charge in [-0.05, 0) is 49.3 Å². The van der Waals surface area contributed by atoms with E-state index in [-0.39, 0.29) is 18.0 Å². The Labute approximate surface area is 155 Å². The first-order chi connectivity index (χ1) is 11.6. The maximum absolute atomic E-state index is 11.6. The van der Waals surface area contributed by atoms with Gasteiger partial charge >= 0.3 is 0 Å². The van der Waals surface area contributed by atoms with Crippen LogP contribution >= 0.6 is 12.4 Å². The van der Waals surface area contributed by atoms with Crippen LogP contribution in [0.5, 0.6) is 0 Å². The molecule has 3 aliphatic rings. The van der Waals surface area contributed by atoms with Gasteiger partial charge in [-0.25, -0.2) is 0 Å². The first-order valence-corrected chi connectivity index (χ1v) is 9.17. The highest BCUT2D eigenvalue weighted by molar-refractivity contribution is 5.90. The van der Waals surface area contributed by atoms with Gasteiger partial charge in [0.1, 0.15) is 11.3 Å². The zero-order valence-corrected chi connectivity index (χ0v) is 15.6. The van der Waals surface area contributed by atoms with Crippen LogP contribution in [0, 0.1) is 17.8 Å². The molecule has 2 aliphatic carbocycles. The topological polar surface area (TPSA) is 68.5 Å². The number of hydrogen-bond acceptors (Lipinski definition) is 4. The van der Waals surface area contributed by atoms with Crippen molar-refractivity contribution in [3.05, 3.63) is 29.6 Å². The molecule has 138 valence electrons. The largest absolute Gasteiger partial charge is 0.373 e. The van der Waals surface area contributed by atoms with Gasteiger partial charge in [-0.3, -0.25) is 9.78 Å². The lowest BCUT2D eigenvalue weighted by molar-refractivity contribution is -0.169. The van der Waals surface area contributed by atoms with Crippen LogP contribution in [0.25, 0.3) is 0 Å². The van der Waals surface area contributed by atoms with E-state index in [1.165, 1.54) is 38.6 Å². The predicted octanol–water partition coefficient (Wildman–Crippen LogP) is 2.59. The Bertz CT molecular complexity index is 621. The number of hydrogen-bond donors (Lipinski definition) is 1. The van der Waals surface area contributed by atoms with Crippen molar-refractivity contribution in [1.82, 2.24) is 9.88 Å². The molecule has 1 unspecified atom stereocenters. The van der Waals surface area contributed by atoms with Crippen LogP contribution in [-0.4, -0.2) is 42.5 Å². The zero-order chi connectivity index (χ0) is 16.7. The summed E-state index contributed by atoms with van der Waals surface area (Å²) in [5, 5.41) is 0. The summed E-state index contributed by atoms with van der Waals surface area (Å²) >= 11 is 0. The van der Waals surface area contributed by atoms with Crippen LogP contribution in [-0.2, 0) is 10.3 Å². The molecule has 1 aromatic heterocycles. The minimum atomic E-state index is -0.473. The number of carbonyl (C=O) groups excluding carboxylic acids is 1. The molecule has 1 aromatic rings. The van der Waals surface area contributed by atoms with Gasteiger partial charge in [-0.1, -0.05) is 6.42 Å². The molecule has 2 saturated carbocycles. The summed E-state index contributed by atoms with van der Waals surface area (Å²) in [5.41, 5.74) is 6.56. The number of nitrogens with two attached hydrogens (primary N) is 1. The number of likely N-dealkylation sites (tertiary alicyclic amines) is 1. The highest BCUT2D eigenvalue weighted by Gasteiger charge is 2.53. The second kappa shape index (κ2) is 7.22. The Balaban J connectivity index is 0.00000182. The third-order valence-electron chi connectivity index (χ3n) is 6.29. The predicted molar refractivity (Wildman–Crippen MR) is 98.7 cm³/mol. The van der Waals surface area contributed by atoms with Gasteiger partial charge in [-0.15, -0.1) is 12.4 Å². The number of methoxy groups -OCH3 is 1. The van der Waals surface area contributed by atoms with Crippen LogP contribution < -0.4 is 5.73 Å². The number of carbonyl (C=O) groups is 1. The number of fused-ring (bicyclic) bond motifs is 2. The van der Waals surface area contributed by atoms with Gasteiger partial charge in [0.15, 0.2) is 0 Å². The summed E-state index contributed by atoms with van der Waals surface area (Å²) in [6, 6.07) is 3.87. The molecule has 1 saturated heterocycles. The van der Waals surface area contributed by atoms with E-state index in [0.717, 1.165) is 24.6 Å². The molecule has 1 amide bonds. The Morgan fingerprint density at radius 3 is 2.56 bits per heavy atom. The minimum absolute atomic E-state index is 0. The second-order valence-corrected chi connectivity index (χ2v) is 7.78.